The Labute approximate surface area is 148 Å². The third-order valence-electron chi connectivity index (χ3n) is 4.34. The second-order valence-electron chi connectivity index (χ2n) is 6.20. The molecule has 0 saturated heterocycles. The molecule has 3 rings (SSSR count). The highest BCUT2D eigenvalue weighted by atomic mass is 16.5. The number of nitrogens with zero attached hydrogens (tertiary/aromatic N) is 3. The Hall–Kier alpha value is -2.57. The first kappa shape index (κ1) is 17.3. The van der Waals surface area contributed by atoms with Crippen LogP contribution in [0.25, 0.3) is 0 Å². The number of nitrogens with one attached hydrogen (secondary N) is 2. The number of hydrogen-bond acceptors (Lipinski definition) is 7. The van der Waals surface area contributed by atoms with Gasteiger partial charge in [-0.15, -0.1) is 0 Å². The molecular weight excluding hydrogens is 318 g/mol. The molecule has 1 heterocycles. The van der Waals surface area contributed by atoms with Crippen LogP contribution >= 0.6 is 0 Å². The van der Waals surface area contributed by atoms with Gasteiger partial charge in [-0.25, -0.2) is 0 Å². The van der Waals surface area contributed by atoms with Gasteiger partial charge >= 0.3 is 0 Å². The SMILES string of the molecule is COc1ccc(Nc2nc(C)nc(NC3CCCCC3)n2)c(OC)c1. The van der Waals surface area contributed by atoms with Crippen molar-refractivity contribution in [1.29, 1.82) is 0 Å². The fourth-order valence-corrected chi connectivity index (χ4v) is 3.05. The predicted molar refractivity (Wildman–Crippen MR) is 97.9 cm³/mol. The average molecular weight is 343 g/mol. The van der Waals surface area contributed by atoms with Gasteiger partial charge in [0.1, 0.15) is 17.3 Å². The largest absolute Gasteiger partial charge is 0.497 e. The minimum Gasteiger partial charge on any atom is -0.497 e. The summed E-state index contributed by atoms with van der Waals surface area (Å²) in [5.74, 6) is 3.18. The standard InChI is InChI=1S/C18H25N5O2/c1-12-19-17(21-13-7-5-4-6-8-13)23-18(20-12)22-15-10-9-14(24-2)11-16(15)25-3/h9-11,13H,4-8H2,1-3H3,(H2,19,20,21,22,23). The van der Waals surface area contributed by atoms with Crippen LogP contribution < -0.4 is 20.1 Å². The van der Waals surface area contributed by atoms with E-state index in [1.807, 2.05) is 25.1 Å². The van der Waals surface area contributed by atoms with E-state index in [2.05, 4.69) is 25.6 Å². The van der Waals surface area contributed by atoms with Crippen LogP contribution in [0, 0.1) is 6.92 Å². The molecule has 1 aliphatic rings. The minimum absolute atomic E-state index is 0.443. The molecule has 0 unspecified atom stereocenters. The molecule has 0 bridgehead atoms. The monoisotopic (exact) mass is 343 g/mol. The zero-order chi connectivity index (χ0) is 17.6. The van der Waals surface area contributed by atoms with Gasteiger partial charge in [-0.05, 0) is 31.9 Å². The van der Waals surface area contributed by atoms with Crippen molar-refractivity contribution in [2.75, 3.05) is 24.9 Å². The van der Waals surface area contributed by atoms with E-state index in [0.29, 0.717) is 29.5 Å². The first-order chi connectivity index (χ1) is 12.2. The molecule has 0 atom stereocenters. The Kier molecular flexibility index (Phi) is 5.53. The third-order valence-corrected chi connectivity index (χ3v) is 4.34. The summed E-state index contributed by atoms with van der Waals surface area (Å²) >= 11 is 0. The first-order valence-corrected chi connectivity index (χ1v) is 8.66. The third kappa shape index (κ3) is 4.49. The minimum atomic E-state index is 0.443. The first-order valence-electron chi connectivity index (χ1n) is 8.66. The van der Waals surface area contributed by atoms with E-state index in [9.17, 15) is 0 Å². The maximum atomic E-state index is 5.41. The van der Waals surface area contributed by atoms with Crippen molar-refractivity contribution in [2.24, 2.45) is 0 Å². The summed E-state index contributed by atoms with van der Waals surface area (Å²) in [6, 6.07) is 6.00. The van der Waals surface area contributed by atoms with Crippen LogP contribution in [0.3, 0.4) is 0 Å². The molecular formula is C18H25N5O2. The summed E-state index contributed by atoms with van der Waals surface area (Å²) in [5.41, 5.74) is 0.775. The molecule has 7 heteroatoms. The van der Waals surface area contributed by atoms with Gasteiger partial charge in [0, 0.05) is 12.1 Å². The van der Waals surface area contributed by atoms with E-state index in [0.717, 1.165) is 11.4 Å². The van der Waals surface area contributed by atoms with Crippen molar-refractivity contribution >= 4 is 17.6 Å². The number of anilines is 3. The summed E-state index contributed by atoms with van der Waals surface area (Å²) in [4.78, 5) is 13.3. The predicted octanol–water partition coefficient (Wildman–Crippen LogP) is 3.69. The zero-order valence-corrected chi connectivity index (χ0v) is 15.0. The van der Waals surface area contributed by atoms with E-state index in [4.69, 9.17) is 9.47 Å². The summed E-state index contributed by atoms with van der Waals surface area (Å²) in [7, 11) is 3.25. The molecule has 1 fully saturated rings. The number of ether oxygens (including phenoxy) is 2. The quantitative estimate of drug-likeness (QED) is 0.828. The molecule has 134 valence electrons. The summed E-state index contributed by atoms with van der Waals surface area (Å²) < 4.78 is 10.6. The van der Waals surface area contributed by atoms with Crippen LogP contribution in [-0.2, 0) is 0 Å². The zero-order valence-electron chi connectivity index (χ0n) is 15.0. The molecule has 2 aromatic rings. The Morgan fingerprint density at radius 3 is 2.44 bits per heavy atom. The molecule has 1 aliphatic carbocycles. The number of aromatic nitrogens is 3. The highest BCUT2D eigenvalue weighted by Crippen LogP contribution is 2.31. The van der Waals surface area contributed by atoms with Crippen molar-refractivity contribution in [3.63, 3.8) is 0 Å². The molecule has 0 radical (unpaired) electrons. The Morgan fingerprint density at radius 1 is 0.960 bits per heavy atom. The molecule has 25 heavy (non-hydrogen) atoms. The van der Waals surface area contributed by atoms with Gasteiger partial charge in [0.2, 0.25) is 11.9 Å². The van der Waals surface area contributed by atoms with Gasteiger partial charge in [0.15, 0.2) is 0 Å². The van der Waals surface area contributed by atoms with E-state index in [1.165, 1.54) is 32.1 Å². The van der Waals surface area contributed by atoms with Gasteiger partial charge < -0.3 is 20.1 Å². The number of methoxy groups -OCH3 is 2. The van der Waals surface area contributed by atoms with Crippen molar-refractivity contribution < 1.29 is 9.47 Å². The molecule has 0 amide bonds. The van der Waals surface area contributed by atoms with Gasteiger partial charge in [-0.2, -0.15) is 15.0 Å². The van der Waals surface area contributed by atoms with Crippen LogP contribution in [0.1, 0.15) is 37.9 Å². The fourth-order valence-electron chi connectivity index (χ4n) is 3.05. The normalized spacial score (nSPS) is 14.8. The highest BCUT2D eigenvalue weighted by molar-refractivity contribution is 5.64. The lowest BCUT2D eigenvalue weighted by atomic mass is 9.96. The number of aryl methyl sites for hydroxylation is 1. The van der Waals surface area contributed by atoms with Crippen molar-refractivity contribution in [3.8, 4) is 11.5 Å². The summed E-state index contributed by atoms with van der Waals surface area (Å²) in [6.45, 7) is 1.87. The number of hydrogen-bond donors (Lipinski definition) is 2. The van der Waals surface area contributed by atoms with E-state index >= 15 is 0 Å². The molecule has 1 saturated carbocycles. The van der Waals surface area contributed by atoms with Gasteiger partial charge in [0.25, 0.3) is 0 Å². The lowest BCUT2D eigenvalue weighted by Crippen LogP contribution is -2.24. The summed E-state index contributed by atoms with van der Waals surface area (Å²) in [6.07, 6.45) is 6.17. The number of benzene rings is 1. The van der Waals surface area contributed by atoms with E-state index < -0.39 is 0 Å². The Balaban J connectivity index is 1.78. The lowest BCUT2D eigenvalue weighted by molar-refractivity contribution is 0.395. The van der Waals surface area contributed by atoms with Crippen LogP contribution in [0.2, 0.25) is 0 Å². The fraction of sp³-hybridized carbons (Fsp3) is 0.500. The van der Waals surface area contributed by atoms with Crippen LogP contribution in [-0.4, -0.2) is 35.2 Å². The van der Waals surface area contributed by atoms with Crippen LogP contribution in [0.5, 0.6) is 11.5 Å². The Bertz CT molecular complexity index is 717. The number of rotatable bonds is 6. The topological polar surface area (TPSA) is 81.2 Å². The maximum absolute atomic E-state index is 5.41. The van der Waals surface area contributed by atoms with Gasteiger partial charge in [-0.3, -0.25) is 0 Å². The summed E-state index contributed by atoms with van der Waals surface area (Å²) in [5, 5.41) is 6.65. The average Bonchev–Trinajstić information content (AvgIpc) is 2.62. The highest BCUT2D eigenvalue weighted by Gasteiger charge is 2.15. The molecule has 0 aliphatic heterocycles. The maximum Gasteiger partial charge on any atom is 0.232 e. The molecule has 2 N–H and O–H groups in total. The molecule has 1 aromatic carbocycles. The molecule has 0 spiro atoms. The van der Waals surface area contributed by atoms with Crippen LogP contribution in [0.4, 0.5) is 17.6 Å². The second-order valence-corrected chi connectivity index (χ2v) is 6.20. The van der Waals surface area contributed by atoms with Crippen molar-refractivity contribution in [3.05, 3.63) is 24.0 Å². The van der Waals surface area contributed by atoms with Crippen LogP contribution in [0.15, 0.2) is 18.2 Å². The van der Waals surface area contributed by atoms with Crippen molar-refractivity contribution in [1.82, 2.24) is 15.0 Å². The van der Waals surface area contributed by atoms with Gasteiger partial charge in [-0.1, -0.05) is 19.3 Å². The molecule has 1 aromatic heterocycles. The molecule has 7 nitrogen and oxygen atoms in total. The van der Waals surface area contributed by atoms with E-state index in [1.54, 1.807) is 14.2 Å². The van der Waals surface area contributed by atoms with Gasteiger partial charge in [0.05, 0.1) is 19.9 Å². The van der Waals surface area contributed by atoms with E-state index in [-0.39, 0.29) is 0 Å². The second kappa shape index (κ2) is 8.00. The van der Waals surface area contributed by atoms with Crippen molar-refractivity contribution in [2.45, 2.75) is 45.1 Å². The smallest absolute Gasteiger partial charge is 0.232 e. The lowest BCUT2D eigenvalue weighted by Gasteiger charge is -2.23. The Morgan fingerprint density at radius 2 is 1.72 bits per heavy atom.